The molecule has 0 saturated carbocycles. The Morgan fingerprint density at radius 2 is 1.51 bits per heavy atom. The maximum absolute atomic E-state index is 14.6. The summed E-state index contributed by atoms with van der Waals surface area (Å²) in [5.41, 5.74) is 2.36. The monoisotopic (exact) mass is 719 g/mol. The number of halogens is 1. The third-order valence-corrected chi connectivity index (χ3v) is 9.62. The number of benzene rings is 4. The standard InChI is InChI=1S/C37H42BrN3O5S/c1-6-46-32-19-21-33(22-20-32)47(44,45)41(31-17-15-27(2)16-18-31)26-35(42)40(25-29-13-10-14-30(38)23-29)34(36(43)39-37(3,4)5)24-28-11-8-7-9-12-28/h7-23,34H,6,24-26H2,1-5H3,(H,39,43)/t34-/m0/s1. The summed E-state index contributed by atoms with van der Waals surface area (Å²) in [5.74, 6) is -0.316. The molecular weight excluding hydrogens is 678 g/mol. The first-order valence-corrected chi connectivity index (χ1v) is 17.7. The van der Waals surface area contributed by atoms with E-state index in [1.54, 1.807) is 36.4 Å². The molecule has 0 aliphatic heterocycles. The first-order valence-electron chi connectivity index (χ1n) is 15.5. The average Bonchev–Trinajstić information content (AvgIpc) is 3.02. The zero-order chi connectivity index (χ0) is 34.2. The number of amides is 2. The van der Waals surface area contributed by atoms with E-state index < -0.39 is 34.1 Å². The number of nitrogens with zero attached hydrogens (tertiary/aromatic N) is 2. The SMILES string of the molecule is CCOc1ccc(S(=O)(=O)N(CC(=O)N(Cc2cccc(Br)c2)[C@@H](Cc2ccccc2)C(=O)NC(C)(C)C)c2ccc(C)cc2)cc1. The van der Waals surface area contributed by atoms with Crippen LogP contribution in [0.15, 0.2) is 112 Å². The molecule has 2 amide bonds. The summed E-state index contributed by atoms with van der Waals surface area (Å²) in [4.78, 5) is 30.1. The van der Waals surface area contributed by atoms with Crippen LogP contribution in [0.3, 0.4) is 0 Å². The molecule has 47 heavy (non-hydrogen) atoms. The first kappa shape index (κ1) is 35.7. The van der Waals surface area contributed by atoms with Gasteiger partial charge in [-0.1, -0.05) is 76.1 Å². The van der Waals surface area contributed by atoms with Crippen molar-refractivity contribution in [3.8, 4) is 5.75 Å². The van der Waals surface area contributed by atoms with Gasteiger partial charge in [-0.05, 0) is 94.3 Å². The molecule has 0 radical (unpaired) electrons. The molecule has 0 saturated heterocycles. The van der Waals surface area contributed by atoms with Crippen LogP contribution in [-0.2, 0) is 32.6 Å². The molecule has 0 aliphatic rings. The van der Waals surface area contributed by atoms with Gasteiger partial charge in [0, 0.05) is 23.0 Å². The van der Waals surface area contributed by atoms with Gasteiger partial charge < -0.3 is 15.0 Å². The molecule has 4 rings (SSSR count). The van der Waals surface area contributed by atoms with Crippen LogP contribution in [0.5, 0.6) is 5.75 Å². The number of anilines is 1. The van der Waals surface area contributed by atoms with Gasteiger partial charge in [0.25, 0.3) is 10.0 Å². The fraction of sp³-hybridized carbons (Fsp3) is 0.297. The molecule has 4 aromatic carbocycles. The van der Waals surface area contributed by atoms with E-state index in [-0.39, 0.29) is 23.8 Å². The largest absolute Gasteiger partial charge is 0.494 e. The summed E-state index contributed by atoms with van der Waals surface area (Å²) in [6.07, 6.45) is 0.235. The number of hydrogen-bond donors (Lipinski definition) is 1. The number of carbonyl (C=O) groups is 2. The van der Waals surface area contributed by atoms with Crippen molar-refractivity contribution in [2.24, 2.45) is 0 Å². The van der Waals surface area contributed by atoms with Crippen molar-refractivity contribution in [2.45, 2.75) is 64.1 Å². The second-order valence-electron chi connectivity index (χ2n) is 12.3. The fourth-order valence-corrected chi connectivity index (χ4v) is 6.94. The molecule has 248 valence electrons. The van der Waals surface area contributed by atoms with Gasteiger partial charge in [-0.2, -0.15) is 0 Å². The Bertz CT molecular complexity index is 1760. The van der Waals surface area contributed by atoms with E-state index in [4.69, 9.17) is 4.74 Å². The van der Waals surface area contributed by atoms with E-state index in [1.807, 2.05) is 89.2 Å². The summed E-state index contributed by atoms with van der Waals surface area (Å²) in [6, 6.07) is 29.2. The molecule has 10 heteroatoms. The average molecular weight is 721 g/mol. The number of carbonyl (C=O) groups excluding carboxylic acids is 2. The third kappa shape index (κ3) is 9.92. The zero-order valence-corrected chi connectivity index (χ0v) is 29.8. The van der Waals surface area contributed by atoms with Crippen molar-refractivity contribution < 1.29 is 22.7 Å². The van der Waals surface area contributed by atoms with Crippen LogP contribution >= 0.6 is 15.9 Å². The van der Waals surface area contributed by atoms with Gasteiger partial charge in [0.2, 0.25) is 11.8 Å². The van der Waals surface area contributed by atoms with Crippen molar-refractivity contribution in [2.75, 3.05) is 17.5 Å². The van der Waals surface area contributed by atoms with Crippen LogP contribution in [0.25, 0.3) is 0 Å². The van der Waals surface area contributed by atoms with Crippen molar-refractivity contribution in [3.05, 3.63) is 124 Å². The predicted molar refractivity (Wildman–Crippen MR) is 190 cm³/mol. The van der Waals surface area contributed by atoms with Gasteiger partial charge in [-0.25, -0.2) is 8.42 Å². The molecule has 1 N–H and O–H groups in total. The first-order chi connectivity index (χ1) is 22.3. The summed E-state index contributed by atoms with van der Waals surface area (Å²) < 4.78 is 36.0. The number of hydrogen-bond acceptors (Lipinski definition) is 5. The molecule has 0 heterocycles. The van der Waals surface area contributed by atoms with Crippen LogP contribution in [0.1, 0.15) is 44.4 Å². The molecule has 8 nitrogen and oxygen atoms in total. The molecule has 0 fully saturated rings. The highest BCUT2D eigenvalue weighted by Crippen LogP contribution is 2.27. The lowest BCUT2D eigenvalue weighted by Crippen LogP contribution is -2.56. The highest BCUT2D eigenvalue weighted by Gasteiger charge is 2.35. The van der Waals surface area contributed by atoms with E-state index in [9.17, 15) is 18.0 Å². The molecule has 0 spiro atoms. The maximum Gasteiger partial charge on any atom is 0.264 e. The van der Waals surface area contributed by atoms with Crippen molar-refractivity contribution in [1.82, 2.24) is 10.2 Å². The fourth-order valence-electron chi connectivity index (χ4n) is 5.08. The number of sulfonamides is 1. The Labute approximate surface area is 286 Å². The van der Waals surface area contributed by atoms with Crippen LogP contribution < -0.4 is 14.4 Å². The zero-order valence-electron chi connectivity index (χ0n) is 27.4. The van der Waals surface area contributed by atoms with Crippen LogP contribution in [0, 0.1) is 6.92 Å². The van der Waals surface area contributed by atoms with Gasteiger partial charge >= 0.3 is 0 Å². The number of ether oxygens (including phenoxy) is 1. The molecule has 1 atom stereocenters. The smallest absolute Gasteiger partial charge is 0.264 e. The van der Waals surface area contributed by atoms with Gasteiger partial charge in [0.05, 0.1) is 17.2 Å². The minimum absolute atomic E-state index is 0.0131. The minimum Gasteiger partial charge on any atom is -0.494 e. The van der Waals surface area contributed by atoms with Crippen molar-refractivity contribution in [3.63, 3.8) is 0 Å². The molecule has 0 bridgehead atoms. The normalized spacial score (nSPS) is 12.2. The Hall–Kier alpha value is -4.15. The Morgan fingerprint density at radius 1 is 0.872 bits per heavy atom. The molecule has 0 aromatic heterocycles. The summed E-state index contributed by atoms with van der Waals surface area (Å²) >= 11 is 3.51. The van der Waals surface area contributed by atoms with Crippen LogP contribution in [0.4, 0.5) is 5.69 Å². The lowest BCUT2D eigenvalue weighted by Gasteiger charge is -2.35. The predicted octanol–water partition coefficient (Wildman–Crippen LogP) is 6.91. The number of rotatable bonds is 13. The van der Waals surface area contributed by atoms with E-state index in [0.717, 1.165) is 25.5 Å². The quantitative estimate of drug-likeness (QED) is 0.162. The Kier molecular flexibility index (Phi) is 11.9. The highest BCUT2D eigenvalue weighted by atomic mass is 79.9. The van der Waals surface area contributed by atoms with Crippen molar-refractivity contribution >= 4 is 43.5 Å². The van der Waals surface area contributed by atoms with Crippen molar-refractivity contribution in [1.29, 1.82) is 0 Å². The Balaban J connectivity index is 1.81. The summed E-state index contributed by atoms with van der Waals surface area (Å²) in [7, 11) is -4.22. The third-order valence-electron chi connectivity index (χ3n) is 7.33. The van der Waals surface area contributed by atoms with Crippen LogP contribution in [0.2, 0.25) is 0 Å². The van der Waals surface area contributed by atoms with E-state index in [1.165, 1.54) is 17.0 Å². The highest BCUT2D eigenvalue weighted by molar-refractivity contribution is 9.10. The van der Waals surface area contributed by atoms with E-state index in [0.29, 0.717) is 18.0 Å². The Morgan fingerprint density at radius 3 is 2.11 bits per heavy atom. The van der Waals surface area contributed by atoms with Crippen LogP contribution in [-0.4, -0.2) is 49.9 Å². The van der Waals surface area contributed by atoms with E-state index in [2.05, 4.69) is 21.2 Å². The lowest BCUT2D eigenvalue weighted by atomic mass is 10.0. The maximum atomic E-state index is 14.6. The summed E-state index contributed by atoms with van der Waals surface area (Å²) in [5, 5.41) is 3.05. The van der Waals surface area contributed by atoms with E-state index >= 15 is 0 Å². The molecule has 0 unspecified atom stereocenters. The summed E-state index contributed by atoms with van der Waals surface area (Å²) in [6.45, 7) is 9.40. The number of aryl methyl sites for hydroxylation is 1. The second-order valence-corrected chi connectivity index (χ2v) is 15.1. The van der Waals surface area contributed by atoms with Gasteiger partial charge in [0.1, 0.15) is 18.3 Å². The molecular formula is C37H42BrN3O5S. The molecule has 4 aromatic rings. The second kappa shape index (κ2) is 15.6. The van der Waals surface area contributed by atoms with Gasteiger partial charge in [-0.15, -0.1) is 0 Å². The van der Waals surface area contributed by atoms with Gasteiger partial charge in [-0.3, -0.25) is 13.9 Å². The van der Waals surface area contributed by atoms with Gasteiger partial charge in [0.15, 0.2) is 0 Å². The number of nitrogens with one attached hydrogen (secondary N) is 1. The lowest BCUT2D eigenvalue weighted by molar-refractivity contribution is -0.140. The molecule has 0 aliphatic carbocycles. The topological polar surface area (TPSA) is 96.0 Å². The minimum atomic E-state index is -4.22.